The highest BCUT2D eigenvalue weighted by atomic mass is 32.2. The molecule has 2 bridgehead atoms. The molecule has 4 heterocycles. The van der Waals surface area contributed by atoms with Crippen molar-refractivity contribution in [1.29, 1.82) is 0 Å². The number of fused-ring (bicyclic) bond motifs is 5. The van der Waals surface area contributed by atoms with Gasteiger partial charge in [-0.1, -0.05) is 53.1 Å². The van der Waals surface area contributed by atoms with Crippen LogP contribution in [0.15, 0.2) is 29.1 Å². The van der Waals surface area contributed by atoms with Crippen LogP contribution in [0, 0.1) is 29.6 Å². The van der Waals surface area contributed by atoms with Crippen LogP contribution in [0.2, 0.25) is 0 Å². The third-order valence-corrected chi connectivity index (χ3v) is 20.1. The highest BCUT2D eigenvalue weighted by molar-refractivity contribution is 7.98. The number of carbonyl (C=O) groups excluding carboxylic acids is 10. The minimum atomic E-state index is -2.52. The molecule has 3 aliphatic rings. The highest BCUT2D eigenvalue weighted by Gasteiger charge is 2.45. The molecule has 5 rings (SSSR count). The molecular weight excluding hydrogens is 1400 g/mol. The van der Waals surface area contributed by atoms with E-state index < -0.39 is 219 Å². The van der Waals surface area contributed by atoms with Gasteiger partial charge in [-0.05, 0) is 35.4 Å². The van der Waals surface area contributed by atoms with Crippen LogP contribution in [-0.4, -0.2) is 279 Å². The molecule has 1 saturated heterocycles. The first kappa shape index (κ1) is 82.4. The Morgan fingerprint density at radius 2 is 1.41 bits per heavy atom. The SMILES string of the molecule is [2H]C([2H])([2H])Cc1ccc2c3c([nH]c2c1CSCCOCCOCCOCCOCCOCCOCCOCCN/C=C(\N)CNC(=O)C(C)CC(=O)O)S(=O)CC1NC(=O)CNC(=O)[C@H]([C@@H](C)CC)CC(=O)CNC(=O)[C@@H](CC(=O)[C@H]([C@@H](C)[C@@H](O)CO)NC(=O)[C@@H]2C[C@@H](O)CN2C(=O)[C@H](CC(N)=O)NC1=O)C3. The molecule has 36 heteroatoms. The van der Waals surface area contributed by atoms with Crippen molar-refractivity contribution in [2.75, 3.05) is 143 Å². The number of carboxylic acids is 1. The van der Waals surface area contributed by atoms with Gasteiger partial charge >= 0.3 is 5.97 Å². The lowest BCUT2D eigenvalue weighted by Gasteiger charge is -2.32. The fourth-order valence-corrected chi connectivity index (χ4v) is 13.9. The van der Waals surface area contributed by atoms with Crippen molar-refractivity contribution in [2.24, 2.45) is 41.1 Å². The maximum Gasteiger partial charge on any atom is 0.304 e. The van der Waals surface area contributed by atoms with Gasteiger partial charge in [0.15, 0.2) is 11.6 Å². The van der Waals surface area contributed by atoms with Gasteiger partial charge in [0, 0.05) is 88.9 Å². The smallest absolute Gasteiger partial charge is 0.304 e. The standard InChI is InChI=1S/C68H107N11O23S2/c1-6-40(3)49-29-46(81)34-73-63(90)44-27-50-48-9-8-43(7-2)51(38-103-25-24-102-23-22-101-21-20-100-19-18-99-17-16-98-15-14-97-13-12-96-11-10-71-32-45(69)33-72-62(89)41(4)26-59(87)88)61(48)78-67(50)104(95)39-53(75-58(86)35-74-64(49)91)65(92)76-52(31-57(70)85)68(94)79-36-47(82)30-54(79)66(93)77-60(55(83)28-44)42(5)56(84)37-80/h8-9,32,40-42,44,47,49,52-54,56,60,71,78,80,82,84H,6-7,10-31,33-39,69H2,1-5H3,(H2,70,85)(H,72,89)(H,73,90)(H,74,91)(H,75,86)(H,76,92)(H,77,93)(H,87,88)/b45-32-/t40-,41?,42-,44+,47+,49-,52-,53?,54-,56-,60-,104?/m0/s1/i2D3. The number of thioether (sulfide) groups is 1. The first-order valence-corrected chi connectivity index (χ1v) is 37.3. The van der Waals surface area contributed by atoms with E-state index in [4.69, 9.17) is 53.8 Å². The van der Waals surface area contributed by atoms with Crippen LogP contribution in [-0.2, 0) is 115 Å². The number of aliphatic carboxylic acids is 1. The average Bonchev–Trinajstić information content (AvgIpc) is 1.61. The molecule has 584 valence electrons. The summed E-state index contributed by atoms with van der Waals surface area (Å²) in [6.07, 6.45) is -4.86. The van der Waals surface area contributed by atoms with Gasteiger partial charge in [0.25, 0.3) is 0 Å². The quantitative estimate of drug-likeness (QED) is 0.0297. The molecule has 1 aromatic carbocycles. The van der Waals surface area contributed by atoms with Gasteiger partial charge in [-0.3, -0.25) is 56.9 Å². The van der Waals surface area contributed by atoms with Crippen LogP contribution < -0.4 is 48.7 Å². The number of H-pyrrole nitrogens is 1. The summed E-state index contributed by atoms with van der Waals surface area (Å²) in [4.78, 5) is 155. The Morgan fingerprint density at radius 3 is 2.01 bits per heavy atom. The maximum atomic E-state index is 15.5. The van der Waals surface area contributed by atoms with E-state index in [1.807, 2.05) is 0 Å². The fraction of sp³-hybridized carbons (Fsp3) is 0.691. The first-order valence-electron chi connectivity index (χ1n) is 36.3. The van der Waals surface area contributed by atoms with Gasteiger partial charge in [0.05, 0.1) is 172 Å². The van der Waals surface area contributed by atoms with Gasteiger partial charge in [-0.25, -0.2) is 0 Å². The van der Waals surface area contributed by atoms with Crippen LogP contribution in [0.4, 0.5) is 0 Å². The lowest BCUT2D eigenvalue weighted by molar-refractivity contribution is -0.144. The van der Waals surface area contributed by atoms with Crippen LogP contribution in [0.1, 0.15) is 93.9 Å². The van der Waals surface area contributed by atoms with Gasteiger partial charge in [-0.15, -0.1) is 0 Å². The van der Waals surface area contributed by atoms with Crippen LogP contribution in [0.25, 0.3) is 10.9 Å². The Labute approximate surface area is 615 Å². The summed E-state index contributed by atoms with van der Waals surface area (Å²) in [5.41, 5.74) is 13.0. The predicted octanol–water partition coefficient (Wildman–Crippen LogP) is -2.92. The van der Waals surface area contributed by atoms with E-state index >= 15 is 9.00 Å². The first-order chi connectivity index (χ1) is 50.9. The summed E-state index contributed by atoms with van der Waals surface area (Å²) in [7, 11) is -2.50. The zero-order valence-corrected chi connectivity index (χ0v) is 61.1. The van der Waals surface area contributed by atoms with Crippen LogP contribution in [0.3, 0.4) is 0 Å². The number of carboxylic acid groups (broad SMARTS) is 1. The Balaban J connectivity index is 1.25. The van der Waals surface area contributed by atoms with E-state index in [1.54, 1.807) is 26.1 Å². The number of ether oxygens (including phenoxy) is 7. The third kappa shape index (κ3) is 29.3. The molecule has 0 saturated carbocycles. The number of carbonyl (C=O) groups is 11. The van der Waals surface area contributed by atoms with Gasteiger partial charge in [0.1, 0.15) is 23.2 Å². The van der Waals surface area contributed by atoms with E-state index in [0.29, 0.717) is 102 Å². The largest absolute Gasteiger partial charge is 0.481 e. The summed E-state index contributed by atoms with van der Waals surface area (Å²) in [5.74, 6) is -15.5. The lowest BCUT2D eigenvalue weighted by Crippen LogP contribution is -2.60. The zero-order chi connectivity index (χ0) is 78.8. The van der Waals surface area contributed by atoms with Crippen molar-refractivity contribution < 1.29 is 115 Å². The number of benzene rings is 1. The molecule has 0 radical (unpaired) electrons. The number of nitrogens with two attached hydrogens (primary N) is 2. The number of nitrogens with zero attached hydrogens (tertiary/aromatic N) is 1. The summed E-state index contributed by atoms with van der Waals surface area (Å²) >= 11 is 1.35. The van der Waals surface area contributed by atoms with Crippen LogP contribution in [0.5, 0.6) is 0 Å². The van der Waals surface area contributed by atoms with Crippen molar-refractivity contribution in [2.45, 2.75) is 133 Å². The monoisotopic (exact) mass is 1510 g/mol. The Hall–Kier alpha value is -7.23. The molecule has 8 amide bonds. The molecule has 12 atom stereocenters. The van der Waals surface area contributed by atoms with Gasteiger partial charge in [0.2, 0.25) is 47.3 Å². The number of hydrogen-bond acceptors (Lipinski definition) is 25. The van der Waals surface area contributed by atoms with Crippen molar-refractivity contribution in [3.63, 3.8) is 0 Å². The number of Topliss-reactive ketones (excluding diaryl/α,β-unsaturated/α-hetero) is 2. The Bertz CT molecular complexity index is 3350. The summed E-state index contributed by atoms with van der Waals surface area (Å²) in [6, 6.07) is -4.03. The third-order valence-electron chi connectivity index (χ3n) is 17.7. The number of primary amides is 1. The second-order valence-electron chi connectivity index (χ2n) is 25.6. The van der Waals surface area contributed by atoms with E-state index in [0.717, 1.165) is 4.90 Å². The number of aliphatic hydroxyl groups excluding tert-OH is 3. The molecule has 16 N–H and O–H groups in total. The number of aryl methyl sites for hydroxylation is 1. The number of nitrogens with one attached hydrogen (secondary N) is 8. The van der Waals surface area contributed by atoms with Crippen molar-refractivity contribution in [3.05, 3.63) is 40.7 Å². The van der Waals surface area contributed by atoms with E-state index in [-0.39, 0.29) is 66.6 Å². The number of hydrogen-bond donors (Lipinski definition) is 14. The number of aromatic nitrogens is 1. The molecule has 1 aromatic heterocycles. The molecule has 104 heavy (non-hydrogen) atoms. The number of aliphatic hydroxyl groups is 3. The minimum absolute atomic E-state index is 0.0772. The molecular formula is C68H107N11O23S2. The molecule has 3 aliphatic heterocycles. The van der Waals surface area contributed by atoms with Crippen molar-refractivity contribution in [1.82, 2.24) is 47.1 Å². The molecule has 2 aromatic rings. The molecule has 1 fully saturated rings. The van der Waals surface area contributed by atoms with E-state index in [9.17, 15) is 63.3 Å². The average molecular weight is 1510 g/mol. The topological polar surface area (TPSA) is 506 Å². The predicted molar refractivity (Wildman–Crippen MR) is 379 cm³/mol. The fourth-order valence-electron chi connectivity index (χ4n) is 11.6. The minimum Gasteiger partial charge on any atom is -0.481 e. The van der Waals surface area contributed by atoms with E-state index in [2.05, 4.69) is 42.2 Å². The molecule has 34 nitrogen and oxygen atoms in total. The zero-order valence-electron chi connectivity index (χ0n) is 62.5. The Morgan fingerprint density at radius 1 is 0.798 bits per heavy atom. The second kappa shape index (κ2) is 46.7. The maximum absolute atomic E-state index is 15.5. The van der Waals surface area contributed by atoms with Gasteiger partial charge < -0.3 is 112 Å². The number of rotatable bonds is 40. The van der Waals surface area contributed by atoms with Gasteiger partial charge in [-0.2, -0.15) is 11.8 Å². The second-order valence-corrected chi connectivity index (χ2v) is 28.1. The van der Waals surface area contributed by atoms with Crippen molar-refractivity contribution >= 4 is 98.3 Å². The van der Waals surface area contributed by atoms with Crippen LogP contribution >= 0.6 is 11.8 Å². The summed E-state index contributed by atoms with van der Waals surface area (Å²) in [5, 5.41) is 59.1. The summed E-state index contributed by atoms with van der Waals surface area (Å²) < 4.78 is 79.6. The lowest BCUT2D eigenvalue weighted by atomic mass is 9.85. The normalized spacial score (nSPS) is 23.2. The molecule has 3 unspecified atom stereocenters. The number of amides is 8. The number of ketones is 2. The van der Waals surface area contributed by atoms with E-state index in [1.165, 1.54) is 31.7 Å². The molecule has 0 spiro atoms. The molecule has 0 aliphatic carbocycles. The number of aromatic amines is 1. The summed E-state index contributed by atoms with van der Waals surface area (Å²) in [6.45, 7) is 5.89. The Kier molecular flexibility index (Phi) is 37.0. The highest BCUT2D eigenvalue weighted by Crippen LogP contribution is 2.35. The van der Waals surface area contributed by atoms with Crippen molar-refractivity contribution in [3.8, 4) is 0 Å².